The third-order valence-corrected chi connectivity index (χ3v) is 5.26. The van der Waals surface area contributed by atoms with Crippen LogP contribution < -0.4 is 10.7 Å². The summed E-state index contributed by atoms with van der Waals surface area (Å²) in [6, 6.07) is 25.8. The van der Waals surface area contributed by atoms with E-state index in [1.165, 1.54) is 0 Å². The van der Waals surface area contributed by atoms with E-state index in [1.54, 1.807) is 30.5 Å². The molecule has 0 spiro atoms. The summed E-state index contributed by atoms with van der Waals surface area (Å²) in [5.41, 5.74) is 6.91. The first-order valence-electron chi connectivity index (χ1n) is 10.4. The van der Waals surface area contributed by atoms with Gasteiger partial charge in [-0.25, -0.2) is 5.43 Å². The minimum absolute atomic E-state index is 0.0623. The molecule has 160 valence electrons. The largest absolute Gasteiger partial charge is 0.358 e. The summed E-state index contributed by atoms with van der Waals surface area (Å²) in [5, 5.41) is 8.15. The van der Waals surface area contributed by atoms with Gasteiger partial charge >= 0.3 is 0 Å². The van der Waals surface area contributed by atoms with E-state index in [1.807, 2.05) is 67.6 Å². The lowest BCUT2D eigenvalue weighted by molar-refractivity contribution is -0.121. The standard InChI is InChI=1S/C26H24N4O2/c1-18-22(21-14-8-9-15-23(21)28-18)17-27-30-25(31)16-24(19-10-4-2-5-11-19)29-26(32)20-12-6-3-7-13-20/h2-15,17,24,28H,16H2,1H3,(H,29,32)(H,30,31)/b27-17-/t24-/m1/s1. The summed E-state index contributed by atoms with van der Waals surface area (Å²) in [5.74, 6) is -0.522. The van der Waals surface area contributed by atoms with E-state index in [0.717, 1.165) is 27.7 Å². The van der Waals surface area contributed by atoms with Crippen LogP contribution in [0.15, 0.2) is 90.0 Å². The number of hydrogen-bond acceptors (Lipinski definition) is 3. The second-order valence-corrected chi connectivity index (χ2v) is 7.51. The van der Waals surface area contributed by atoms with Crippen molar-refractivity contribution >= 4 is 28.9 Å². The number of amides is 2. The highest BCUT2D eigenvalue weighted by Crippen LogP contribution is 2.20. The van der Waals surface area contributed by atoms with Gasteiger partial charge in [-0.1, -0.05) is 66.7 Å². The highest BCUT2D eigenvalue weighted by Gasteiger charge is 2.19. The van der Waals surface area contributed by atoms with Crippen molar-refractivity contribution in [2.24, 2.45) is 5.10 Å². The highest BCUT2D eigenvalue weighted by atomic mass is 16.2. The molecular formula is C26H24N4O2. The number of nitrogens with one attached hydrogen (secondary N) is 3. The average Bonchev–Trinajstić information content (AvgIpc) is 3.15. The fourth-order valence-electron chi connectivity index (χ4n) is 3.63. The molecule has 0 aliphatic rings. The Morgan fingerprint density at radius 1 is 0.938 bits per heavy atom. The molecule has 4 aromatic rings. The van der Waals surface area contributed by atoms with Crippen molar-refractivity contribution in [3.8, 4) is 0 Å². The van der Waals surface area contributed by atoms with E-state index >= 15 is 0 Å². The molecule has 32 heavy (non-hydrogen) atoms. The maximum atomic E-state index is 12.7. The Labute approximate surface area is 186 Å². The monoisotopic (exact) mass is 424 g/mol. The fourth-order valence-corrected chi connectivity index (χ4v) is 3.63. The van der Waals surface area contributed by atoms with Crippen molar-refractivity contribution < 1.29 is 9.59 Å². The third kappa shape index (κ3) is 4.92. The zero-order valence-corrected chi connectivity index (χ0v) is 17.7. The molecule has 1 aromatic heterocycles. The number of benzene rings is 3. The summed E-state index contributed by atoms with van der Waals surface area (Å²) < 4.78 is 0. The molecule has 0 saturated carbocycles. The number of aromatic nitrogens is 1. The second-order valence-electron chi connectivity index (χ2n) is 7.51. The van der Waals surface area contributed by atoms with Crippen molar-refractivity contribution in [3.63, 3.8) is 0 Å². The molecule has 0 fully saturated rings. The summed E-state index contributed by atoms with van der Waals surface area (Å²) in [7, 11) is 0. The Hall–Kier alpha value is -4.19. The predicted molar refractivity (Wildman–Crippen MR) is 126 cm³/mol. The van der Waals surface area contributed by atoms with Crippen molar-refractivity contribution in [3.05, 3.63) is 107 Å². The molecule has 0 saturated heterocycles. The lowest BCUT2D eigenvalue weighted by Gasteiger charge is -2.18. The van der Waals surface area contributed by atoms with Crippen molar-refractivity contribution in [2.45, 2.75) is 19.4 Å². The van der Waals surface area contributed by atoms with Crippen LogP contribution in [0.5, 0.6) is 0 Å². The summed E-state index contributed by atoms with van der Waals surface area (Å²) in [4.78, 5) is 28.6. The molecule has 0 unspecified atom stereocenters. The average molecular weight is 425 g/mol. The maximum Gasteiger partial charge on any atom is 0.251 e. The molecule has 0 bridgehead atoms. The Kier molecular flexibility index (Phi) is 6.41. The molecule has 3 aromatic carbocycles. The topological polar surface area (TPSA) is 86.3 Å². The Bertz CT molecular complexity index is 1250. The first kappa shape index (κ1) is 21.1. The number of hydrogen-bond donors (Lipinski definition) is 3. The smallest absolute Gasteiger partial charge is 0.251 e. The number of H-pyrrole nitrogens is 1. The van der Waals surface area contributed by atoms with Gasteiger partial charge < -0.3 is 10.3 Å². The van der Waals surface area contributed by atoms with Crippen LogP contribution in [-0.2, 0) is 4.79 Å². The predicted octanol–water partition coefficient (Wildman–Crippen LogP) is 4.49. The van der Waals surface area contributed by atoms with Crippen LogP contribution in [0.25, 0.3) is 10.9 Å². The van der Waals surface area contributed by atoms with Gasteiger partial charge in [0.05, 0.1) is 18.7 Å². The molecule has 0 radical (unpaired) electrons. The van der Waals surface area contributed by atoms with Crippen LogP contribution in [0, 0.1) is 6.92 Å². The molecular weight excluding hydrogens is 400 g/mol. The quantitative estimate of drug-likeness (QED) is 0.302. The van der Waals surface area contributed by atoms with E-state index in [2.05, 4.69) is 20.8 Å². The van der Waals surface area contributed by atoms with Crippen LogP contribution in [0.3, 0.4) is 0 Å². The lowest BCUT2D eigenvalue weighted by Crippen LogP contribution is -2.32. The first-order chi connectivity index (χ1) is 15.6. The summed E-state index contributed by atoms with van der Waals surface area (Å²) >= 11 is 0. The molecule has 0 aliphatic carbocycles. The minimum Gasteiger partial charge on any atom is -0.358 e. The molecule has 4 rings (SSSR count). The zero-order chi connectivity index (χ0) is 22.3. The first-order valence-corrected chi connectivity index (χ1v) is 10.4. The number of rotatable bonds is 7. The lowest BCUT2D eigenvalue weighted by atomic mass is 10.0. The number of aryl methyl sites for hydroxylation is 1. The molecule has 3 N–H and O–H groups in total. The van der Waals surface area contributed by atoms with E-state index in [0.29, 0.717) is 5.56 Å². The van der Waals surface area contributed by atoms with Gasteiger partial charge in [0, 0.05) is 27.7 Å². The van der Waals surface area contributed by atoms with Crippen molar-refractivity contribution in [1.29, 1.82) is 0 Å². The fraction of sp³-hybridized carbons (Fsp3) is 0.115. The summed E-state index contributed by atoms with van der Waals surface area (Å²) in [6.07, 6.45) is 1.71. The van der Waals surface area contributed by atoms with Crippen LogP contribution >= 0.6 is 0 Å². The number of carbonyl (C=O) groups excluding carboxylic acids is 2. The van der Waals surface area contributed by atoms with Gasteiger partial charge in [-0.3, -0.25) is 9.59 Å². The Balaban J connectivity index is 1.46. The number of nitrogens with zero attached hydrogens (tertiary/aromatic N) is 1. The normalized spacial score (nSPS) is 12.0. The SMILES string of the molecule is Cc1[nH]c2ccccc2c1/C=N\NC(=O)C[C@@H](NC(=O)c1ccccc1)c1ccccc1. The van der Waals surface area contributed by atoms with E-state index in [-0.39, 0.29) is 18.2 Å². The van der Waals surface area contributed by atoms with Crippen LogP contribution in [-0.4, -0.2) is 23.0 Å². The summed E-state index contributed by atoms with van der Waals surface area (Å²) in [6.45, 7) is 1.97. The molecule has 1 heterocycles. The number of fused-ring (bicyclic) bond motifs is 1. The van der Waals surface area contributed by atoms with Gasteiger partial charge in [0.2, 0.25) is 5.91 Å². The van der Waals surface area contributed by atoms with Gasteiger partial charge in [-0.05, 0) is 30.7 Å². The van der Waals surface area contributed by atoms with Gasteiger partial charge in [-0.15, -0.1) is 0 Å². The van der Waals surface area contributed by atoms with E-state index < -0.39 is 6.04 Å². The molecule has 6 heteroatoms. The minimum atomic E-state index is -0.478. The number of hydrazone groups is 1. The number of carbonyl (C=O) groups is 2. The van der Waals surface area contributed by atoms with E-state index in [9.17, 15) is 9.59 Å². The van der Waals surface area contributed by atoms with Gasteiger partial charge in [0.1, 0.15) is 0 Å². The van der Waals surface area contributed by atoms with Gasteiger partial charge in [0.15, 0.2) is 0 Å². The van der Waals surface area contributed by atoms with E-state index in [4.69, 9.17) is 0 Å². The number of aromatic amines is 1. The molecule has 2 amide bonds. The highest BCUT2D eigenvalue weighted by molar-refractivity contribution is 6.01. The van der Waals surface area contributed by atoms with Crippen molar-refractivity contribution in [1.82, 2.24) is 15.7 Å². The molecule has 1 atom stereocenters. The molecule has 0 aliphatic heterocycles. The third-order valence-electron chi connectivity index (χ3n) is 5.26. The second kappa shape index (κ2) is 9.75. The van der Waals surface area contributed by atoms with Crippen LogP contribution in [0.2, 0.25) is 0 Å². The molecule has 6 nitrogen and oxygen atoms in total. The maximum absolute atomic E-state index is 12.7. The van der Waals surface area contributed by atoms with Gasteiger partial charge in [-0.2, -0.15) is 5.10 Å². The zero-order valence-electron chi connectivity index (χ0n) is 17.7. The van der Waals surface area contributed by atoms with Crippen LogP contribution in [0.4, 0.5) is 0 Å². The van der Waals surface area contributed by atoms with Crippen LogP contribution in [0.1, 0.15) is 39.6 Å². The Morgan fingerprint density at radius 2 is 1.59 bits per heavy atom. The Morgan fingerprint density at radius 3 is 2.34 bits per heavy atom. The number of para-hydroxylation sites is 1. The van der Waals surface area contributed by atoms with Gasteiger partial charge in [0.25, 0.3) is 5.91 Å². The van der Waals surface area contributed by atoms with Crippen molar-refractivity contribution in [2.75, 3.05) is 0 Å².